The smallest absolute Gasteiger partial charge is 0.328 e. The number of nitrogens with zero attached hydrogens (tertiary/aromatic N) is 6. The number of hydrogen-bond acceptors (Lipinski definition) is 6. The van der Waals surface area contributed by atoms with Gasteiger partial charge >= 0.3 is 13.7 Å². The zero-order valence-electron chi connectivity index (χ0n) is 42.0. The topological polar surface area (TPSA) is 110 Å². The third-order valence-electron chi connectivity index (χ3n) is 14.8. The van der Waals surface area contributed by atoms with E-state index in [1.54, 1.807) is 0 Å². The number of nitriles is 2. The van der Waals surface area contributed by atoms with Crippen molar-refractivity contribution < 1.29 is 8.83 Å². The monoisotopic (exact) mass is 976 g/mol. The van der Waals surface area contributed by atoms with Gasteiger partial charge in [-0.05, 0) is 41.3 Å². The van der Waals surface area contributed by atoms with Crippen molar-refractivity contribution in [2.24, 2.45) is 0 Å². The lowest BCUT2D eigenvalue weighted by Crippen LogP contribution is -2.54. The molecule has 0 amide bonds. The second kappa shape index (κ2) is 18.9. The molecule has 13 rings (SSSR count). The van der Waals surface area contributed by atoms with E-state index in [-0.39, 0.29) is 28.8 Å². The second-order valence-electron chi connectivity index (χ2n) is 19.6. The molecule has 0 bridgehead atoms. The Morgan fingerprint density at radius 1 is 0.461 bits per heavy atom. The Balaban J connectivity index is 1.35. The van der Waals surface area contributed by atoms with Crippen molar-refractivity contribution in [3.05, 3.63) is 252 Å². The van der Waals surface area contributed by atoms with E-state index in [0.29, 0.717) is 32.9 Å². The van der Waals surface area contributed by atoms with Crippen molar-refractivity contribution in [1.29, 1.82) is 10.5 Å². The molecule has 13 aromatic rings. The van der Waals surface area contributed by atoms with E-state index in [1.807, 2.05) is 91.0 Å². The summed E-state index contributed by atoms with van der Waals surface area (Å²) in [6, 6.07) is 79.8. The maximum Gasteiger partial charge on any atom is 0.328 e. The summed E-state index contributed by atoms with van der Waals surface area (Å²) in [4.78, 5) is 10.4. The van der Waals surface area contributed by atoms with Crippen molar-refractivity contribution >= 4 is 101 Å². The number of rotatable bonds is 10. The average molecular weight is 977 g/mol. The average Bonchev–Trinajstić information content (AvgIpc) is 4.30. The van der Waals surface area contributed by atoms with E-state index < -0.39 is 13.7 Å². The Morgan fingerprint density at radius 3 is 1.29 bits per heavy atom. The van der Waals surface area contributed by atoms with E-state index in [9.17, 15) is 10.5 Å². The molecule has 0 aliphatic rings. The minimum atomic E-state index is -0.519. The molecule has 0 radical (unpaired) electrons. The van der Waals surface area contributed by atoms with Gasteiger partial charge in [0, 0.05) is 38.5 Å². The maximum absolute atomic E-state index is 12.2. The number of aryl methyl sites for hydroxylation is 1. The minimum absolute atomic E-state index is 0.188. The van der Waals surface area contributed by atoms with Crippen LogP contribution in [0.1, 0.15) is 42.8 Å². The SMILES string of the molecule is Cc1ccccc1-c1c2/c(=C(\C#N)c3nc4ccc5ccccc5c4o3)n(B(c3ccccc3)c3ccccc3)c(C(C)C)c2/c(=C(\C#N)c2nc3ccc4ccccc4c3o2)n1B(c1ccccc1)c1ccccc1. The molecular weight excluding hydrogens is 930 g/mol. The number of aromatic nitrogens is 4. The molecule has 0 N–H and O–H groups in total. The van der Waals surface area contributed by atoms with Gasteiger partial charge in [-0.2, -0.15) is 10.5 Å². The highest BCUT2D eigenvalue weighted by atomic mass is 16.4. The van der Waals surface area contributed by atoms with Crippen molar-refractivity contribution in [2.75, 3.05) is 0 Å². The number of fused-ring (bicyclic) bond motifs is 7. The minimum Gasteiger partial charge on any atom is -0.435 e. The van der Waals surface area contributed by atoms with Gasteiger partial charge in [0.2, 0.25) is 11.8 Å². The van der Waals surface area contributed by atoms with Gasteiger partial charge in [0.25, 0.3) is 0 Å². The fourth-order valence-electron chi connectivity index (χ4n) is 11.6. The molecule has 0 fully saturated rings. The Bertz CT molecular complexity index is 4390. The zero-order chi connectivity index (χ0) is 51.4. The summed E-state index contributed by atoms with van der Waals surface area (Å²) >= 11 is 0. The standard InChI is InChI=1S/C66H46B2N6O2/c1-42(2)59-57-58(62(73(59)67(46-25-8-4-9-26-46)47-27-10-5-11-28-47)54(41-70)66-72-56-39-37-45-24-18-21-35-52(45)64(56)76-66)60(50-33-19-16-22-43(50)3)74(68(48-29-12-6-13-30-48)49-31-14-7-15-32-49)61(57)53(40-69)65-71-55-38-36-44-23-17-20-34-51(44)63(55)75-65/h4-39,42H,1-3H3/b61-53-,62-54-. The predicted molar refractivity (Wildman–Crippen MR) is 309 cm³/mol. The number of hydrogen-bond donors (Lipinski definition) is 0. The van der Waals surface area contributed by atoms with Crippen molar-refractivity contribution in [1.82, 2.24) is 18.9 Å². The molecule has 8 nitrogen and oxygen atoms in total. The van der Waals surface area contributed by atoms with Gasteiger partial charge < -0.3 is 17.8 Å². The Morgan fingerprint density at radius 2 is 0.855 bits per heavy atom. The summed E-state index contributed by atoms with van der Waals surface area (Å²) in [7, 11) is 0. The summed E-state index contributed by atoms with van der Waals surface area (Å²) in [6.07, 6.45) is 0. The van der Waals surface area contributed by atoms with Gasteiger partial charge in [-0.25, -0.2) is 9.97 Å². The first-order valence-corrected chi connectivity index (χ1v) is 25.6. The van der Waals surface area contributed by atoms with Crippen LogP contribution in [0.4, 0.5) is 0 Å². The Hall–Kier alpha value is -9.89. The van der Waals surface area contributed by atoms with Gasteiger partial charge in [-0.15, -0.1) is 0 Å². The third kappa shape index (κ3) is 7.45. The van der Waals surface area contributed by atoms with Gasteiger partial charge in [0.1, 0.15) is 34.3 Å². The van der Waals surface area contributed by atoms with Crippen LogP contribution in [-0.2, 0) is 0 Å². The molecule has 0 aliphatic carbocycles. The van der Waals surface area contributed by atoms with E-state index in [0.717, 1.165) is 76.7 Å². The summed E-state index contributed by atoms with van der Waals surface area (Å²) in [5.74, 6) is 0.165. The predicted octanol–water partition coefficient (Wildman–Crippen LogP) is 10.9. The lowest BCUT2D eigenvalue weighted by molar-refractivity contribution is 0.587. The van der Waals surface area contributed by atoms with Gasteiger partial charge in [-0.1, -0.05) is 242 Å². The molecule has 0 spiro atoms. The molecule has 4 aromatic heterocycles. The highest BCUT2D eigenvalue weighted by Gasteiger charge is 2.38. The van der Waals surface area contributed by atoms with Crippen LogP contribution in [0.2, 0.25) is 0 Å². The Kier molecular flexibility index (Phi) is 11.4. The summed E-state index contributed by atoms with van der Waals surface area (Å²) in [5.41, 5.74) is 10.6. The molecule has 0 saturated carbocycles. The van der Waals surface area contributed by atoms with Crippen LogP contribution in [0.15, 0.2) is 227 Å². The normalized spacial score (nSPS) is 12.4. The van der Waals surface area contributed by atoms with Gasteiger partial charge in [0.15, 0.2) is 11.2 Å². The molecule has 0 unspecified atom stereocenters. The molecule has 9 aromatic carbocycles. The fraction of sp³-hybridized carbons (Fsp3) is 0.0606. The van der Waals surface area contributed by atoms with Crippen LogP contribution in [-0.4, -0.2) is 32.6 Å². The second-order valence-corrected chi connectivity index (χ2v) is 19.6. The van der Waals surface area contributed by atoms with Crippen molar-refractivity contribution in [3.63, 3.8) is 0 Å². The highest BCUT2D eigenvalue weighted by Crippen LogP contribution is 2.37. The molecular formula is C66H46B2N6O2. The Labute approximate surface area is 439 Å². The molecule has 10 heteroatoms. The van der Waals surface area contributed by atoms with E-state index >= 15 is 0 Å². The first-order valence-electron chi connectivity index (χ1n) is 25.6. The largest absolute Gasteiger partial charge is 0.435 e. The summed E-state index contributed by atoms with van der Waals surface area (Å²) < 4.78 is 18.6. The van der Waals surface area contributed by atoms with E-state index in [4.69, 9.17) is 18.8 Å². The highest BCUT2D eigenvalue weighted by molar-refractivity contribution is 6.85. The third-order valence-corrected chi connectivity index (χ3v) is 14.8. The van der Waals surface area contributed by atoms with Crippen LogP contribution in [0.5, 0.6) is 0 Å². The quantitative estimate of drug-likeness (QED) is 0.126. The van der Waals surface area contributed by atoms with Crippen LogP contribution in [0, 0.1) is 29.6 Å². The lowest BCUT2D eigenvalue weighted by Gasteiger charge is -2.25. The maximum atomic E-state index is 12.2. The van der Waals surface area contributed by atoms with E-state index in [1.165, 1.54) is 0 Å². The number of benzene rings is 9. The van der Waals surface area contributed by atoms with Crippen LogP contribution < -0.4 is 32.5 Å². The zero-order valence-corrected chi connectivity index (χ0v) is 42.0. The molecule has 0 aliphatic heterocycles. The first-order chi connectivity index (χ1) is 37.4. The number of oxazole rings is 2. The molecule has 4 heterocycles. The molecule has 76 heavy (non-hydrogen) atoms. The van der Waals surface area contributed by atoms with E-state index in [2.05, 4.69) is 169 Å². The lowest BCUT2D eigenvalue weighted by atomic mass is 9.50. The summed E-state index contributed by atoms with van der Waals surface area (Å²) in [6.45, 7) is 5.50. The van der Waals surface area contributed by atoms with Crippen LogP contribution in [0.25, 0.3) is 76.9 Å². The van der Waals surface area contributed by atoms with Gasteiger partial charge in [-0.3, -0.25) is 0 Å². The van der Waals surface area contributed by atoms with Crippen LogP contribution >= 0.6 is 0 Å². The molecule has 0 atom stereocenters. The molecule has 358 valence electrons. The van der Waals surface area contributed by atoms with Crippen molar-refractivity contribution in [3.8, 4) is 23.4 Å². The molecule has 0 saturated heterocycles. The first kappa shape index (κ1) is 45.9. The van der Waals surface area contributed by atoms with Crippen LogP contribution in [0.3, 0.4) is 0 Å². The fourth-order valence-corrected chi connectivity index (χ4v) is 11.6. The van der Waals surface area contributed by atoms with Crippen molar-refractivity contribution in [2.45, 2.75) is 26.7 Å². The van der Waals surface area contributed by atoms with Gasteiger partial charge in [0.05, 0.1) is 10.7 Å². The summed E-state index contributed by atoms with van der Waals surface area (Å²) in [5, 5.41) is 30.9.